The van der Waals surface area contributed by atoms with E-state index in [1.807, 2.05) is 13.8 Å². The molecule has 0 aromatic heterocycles. The second-order valence-corrected chi connectivity index (χ2v) is 10.9. The Balaban J connectivity index is 1.48. The van der Waals surface area contributed by atoms with E-state index >= 15 is 0 Å². The van der Waals surface area contributed by atoms with Crippen molar-refractivity contribution in [2.45, 2.75) is 64.1 Å². The van der Waals surface area contributed by atoms with Crippen molar-refractivity contribution in [3.8, 4) is 0 Å². The lowest BCUT2D eigenvalue weighted by Gasteiger charge is -2.43. The van der Waals surface area contributed by atoms with Crippen molar-refractivity contribution in [3.63, 3.8) is 0 Å². The molecule has 0 bridgehead atoms. The van der Waals surface area contributed by atoms with Crippen LogP contribution in [0.1, 0.15) is 66.7 Å². The van der Waals surface area contributed by atoms with Crippen LogP contribution in [0.5, 0.6) is 0 Å². The predicted molar refractivity (Wildman–Crippen MR) is 152 cm³/mol. The molecule has 2 aromatic rings. The highest BCUT2D eigenvalue weighted by atomic mass is 16.5. The Kier molecular flexibility index (Phi) is 10.1. The molecule has 2 aromatic carbocycles. The number of hydrogen-bond donors (Lipinski definition) is 2. The van der Waals surface area contributed by atoms with E-state index in [-0.39, 0.29) is 44.1 Å². The molecule has 42 heavy (non-hydrogen) atoms. The monoisotopic (exact) mass is 576 g/mol. The summed E-state index contributed by atoms with van der Waals surface area (Å²) in [7, 11) is 0. The van der Waals surface area contributed by atoms with Gasteiger partial charge in [0.2, 0.25) is 11.8 Å². The molecule has 222 valence electrons. The minimum Gasteiger partial charge on any atom is -0.454 e. The molecule has 0 spiro atoms. The molecule has 2 aliphatic heterocycles. The van der Waals surface area contributed by atoms with Gasteiger partial charge in [-0.1, -0.05) is 50.2 Å². The maximum absolute atomic E-state index is 13.7. The number of carbonyl (C=O) groups excluding carboxylic acids is 6. The summed E-state index contributed by atoms with van der Waals surface area (Å²) in [5.41, 5.74) is 0.670. The molecule has 0 aliphatic carbocycles. The van der Waals surface area contributed by atoms with Crippen LogP contribution >= 0.6 is 0 Å². The first kappa shape index (κ1) is 30.4. The van der Waals surface area contributed by atoms with Crippen LogP contribution in [0.2, 0.25) is 0 Å². The first-order valence-electron chi connectivity index (χ1n) is 14.2. The third-order valence-electron chi connectivity index (χ3n) is 7.27. The number of esters is 1. The van der Waals surface area contributed by atoms with Crippen LogP contribution in [-0.2, 0) is 23.9 Å². The van der Waals surface area contributed by atoms with E-state index < -0.39 is 54.2 Å². The summed E-state index contributed by atoms with van der Waals surface area (Å²) < 4.78 is 5.20. The van der Waals surface area contributed by atoms with Gasteiger partial charge in [-0.05, 0) is 55.9 Å². The van der Waals surface area contributed by atoms with Crippen LogP contribution in [-0.4, -0.2) is 76.7 Å². The van der Waals surface area contributed by atoms with E-state index in [4.69, 9.17) is 4.74 Å². The zero-order valence-electron chi connectivity index (χ0n) is 23.8. The fraction of sp³-hybridized carbons (Fsp3) is 0.419. The summed E-state index contributed by atoms with van der Waals surface area (Å²) in [6.45, 7) is 3.51. The van der Waals surface area contributed by atoms with E-state index in [2.05, 4.69) is 10.6 Å². The molecule has 2 unspecified atom stereocenters. The first-order chi connectivity index (χ1) is 20.2. The molecule has 2 fully saturated rings. The van der Waals surface area contributed by atoms with Gasteiger partial charge in [-0.2, -0.15) is 0 Å². The van der Waals surface area contributed by atoms with Gasteiger partial charge < -0.3 is 15.4 Å². The van der Waals surface area contributed by atoms with E-state index in [0.717, 1.165) is 5.01 Å². The molecule has 2 saturated heterocycles. The minimum absolute atomic E-state index is 0.0194. The van der Waals surface area contributed by atoms with Gasteiger partial charge in [-0.25, -0.2) is 9.80 Å². The van der Waals surface area contributed by atoms with Crippen LogP contribution in [0, 0.1) is 5.92 Å². The molecule has 4 amide bonds. The van der Waals surface area contributed by atoms with Gasteiger partial charge in [-0.15, -0.1) is 0 Å². The highest BCUT2D eigenvalue weighted by molar-refractivity contribution is 6.00. The zero-order chi connectivity index (χ0) is 30.2. The average molecular weight is 577 g/mol. The number of benzene rings is 2. The fourth-order valence-electron chi connectivity index (χ4n) is 5.14. The van der Waals surface area contributed by atoms with Gasteiger partial charge in [-0.3, -0.25) is 29.0 Å². The number of nitrogens with zero attached hydrogens (tertiary/aromatic N) is 2. The Labute approximate surface area is 244 Å². The number of Topliss-reactive ketones (excluding diaryl/α,β-unsaturated/α-hetero) is 1. The molecular formula is C31H36N4O7. The topological polar surface area (TPSA) is 142 Å². The number of hydrazine groups is 1. The molecule has 3 atom stereocenters. The van der Waals surface area contributed by atoms with Crippen molar-refractivity contribution in [1.82, 2.24) is 20.7 Å². The number of fused-ring (bicyclic) bond motifs is 1. The second-order valence-electron chi connectivity index (χ2n) is 10.9. The normalized spacial score (nSPS) is 19.4. The number of carbonyl (C=O) groups is 6. The molecule has 2 N–H and O–H groups in total. The summed E-state index contributed by atoms with van der Waals surface area (Å²) >= 11 is 0. The van der Waals surface area contributed by atoms with Crippen LogP contribution in [0.4, 0.5) is 0 Å². The summed E-state index contributed by atoms with van der Waals surface area (Å²) in [4.78, 5) is 78.6. The minimum atomic E-state index is -1.06. The van der Waals surface area contributed by atoms with Gasteiger partial charge >= 0.3 is 5.97 Å². The fourth-order valence-corrected chi connectivity index (χ4v) is 5.14. The van der Waals surface area contributed by atoms with Crippen LogP contribution < -0.4 is 10.6 Å². The highest BCUT2D eigenvalue weighted by Crippen LogP contribution is 2.25. The van der Waals surface area contributed by atoms with Gasteiger partial charge in [0.15, 0.2) is 12.4 Å². The van der Waals surface area contributed by atoms with Crippen molar-refractivity contribution >= 4 is 35.4 Å². The number of ether oxygens (including phenoxy) is 1. The smallest absolute Gasteiger partial charge is 0.338 e. The van der Waals surface area contributed by atoms with E-state index in [1.54, 1.807) is 60.7 Å². The Hall–Kier alpha value is -4.54. The van der Waals surface area contributed by atoms with Crippen molar-refractivity contribution < 1.29 is 33.5 Å². The maximum atomic E-state index is 13.7. The summed E-state index contributed by atoms with van der Waals surface area (Å²) in [6, 6.07) is 13.6. The summed E-state index contributed by atoms with van der Waals surface area (Å²) in [5.74, 6) is -3.05. The first-order valence-corrected chi connectivity index (χ1v) is 14.2. The van der Waals surface area contributed by atoms with Gasteiger partial charge in [0.05, 0.1) is 11.6 Å². The van der Waals surface area contributed by atoms with E-state index in [0.29, 0.717) is 17.5 Å². The molecule has 11 heteroatoms. The van der Waals surface area contributed by atoms with Crippen molar-refractivity contribution in [1.29, 1.82) is 0 Å². The SMILES string of the molecule is CC(C)CC(NC(=O)C1CCCN2C(=O)CC[C@H](NC(=O)c3ccccc3)C(=O)N12)C(=O)COC(=O)c1ccccc1. The highest BCUT2D eigenvalue weighted by Gasteiger charge is 2.45. The number of ketones is 1. The van der Waals surface area contributed by atoms with Crippen molar-refractivity contribution in [2.24, 2.45) is 5.92 Å². The predicted octanol–water partition coefficient (Wildman–Crippen LogP) is 2.27. The van der Waals surface area contributed by atoms with Crippen LogP contribution in [0.25, 0.3) is 0 Å². The lowest BCUT2D eigenvalue weighted by atomic mass is 9.99. The Morgan fingerprint density at radius 3 is 2.21 bits per heavy atom. The largest absolute Gasteiger partial charge is 0.454 e. The average Bonchev–Trinajstić information content (AvgIpc) is 3.12. The molecule has 2 heterocycles. The number of rotatable bonds is 10. The third-order valence-corrected chi connectivity index (χ3v) is 7.27. The summed E-state index contributed by atoms with van der Waals surface area (Å²) in [6.07, 6.45) is 1.15. The molecule has 0 saturated carbocycles. The number of nitrogens with one attached hydrogen (secondary N) is 2. The molecular weight excluding hydrogens is 540 g/mol. The van der Waals surface area contributed by atoms with Crippen LogP contribution in [0.15, 0.2) is 60.7 Å². The second kappa shape index (κ2) is 13.9. The van der Waals surface area contributed by atoms with Crippen LogP contribution in [0.3, 0.4) is 0 Å². The molecule has 4 rings (SSSR count). The van der Waals surface area contributed by atoms with Gasteiger partial charge in [0.25, 0.3) is 11.8 Å². The van der Waals surface area contributed by atoms with E-state index in [9.17, 15) is 28.8 Å². The lowest BCUT2D eigenvalue weighted by Crippen LogP contribution is -2.64. The molecule has 2 aliphatic rings. The number of hydrogen-bond acceptors (Lipinski definition) is 7. The quantitative estimate of drug-likeness (QED) is 0.413. The lowest BCUT2D eigenvalue weighted by molar-refractivity contribution is -0.176. The van der Waals surface area contributed by atoms with Crippen molar-refractivity contribution in [3.05, 3.63) is 71.8 Å². The van der Waals surface area contributed by atoms with Gasteiger partial charge in [0, 0.05) is 18.5 Å². The Bertz CT molecular complexity index is 1320. The third kappa shape index (κ3) is 7.39. The van der Waals surface area contributed by atoms with E-state index in [1.165, 1.54) is 5.01 Å². The molecule has 11 nitrogen and oxygen atoms in total. The molecule has 0 radical (unpaired) electrons. The van der Waals surface area contributed by atoms with Crippen molar-refractivity contribution in [2.75, 3.05) is 13.2 Å². The maximum Gasteiger partial charge on any atom is 0.338 e. The Morgan fingerprint density at radius 1 is 0.929 bits per heavy atom. The summed E-state index contributed by atoms with van der Waals surface area (Å²) in [5, 5.41) is 7.91. The van der Waals surface area contributed by atoms with Gasteiger partial charge in [0.1, 0.15) is 12.1 Å². The standard InChI is InChI=1S/C31H36N4O7/c1-20(2)18-24(26(36)19-42-31(41)22-12-7-4-8-13-22)33-29(39)25-14-9-17-34-27(37)16-15-23(30(40)35(25)34)32-28(38)21-10-5-3-6-11-21/h3-8,10-13,20,23-25H,9,14-19H2,1-2H3,(H,32,38)(H,33,39)/t23-,24?,25?/m0/s1. The number of amides is 4. The Morgan fingerprint density at radius 2 is 1.57 bits per heavy atom. The zero-order valence-corrected chi connectivity index (χ0v) is 23.8.